The fourth-order valence-corrected chi connectivity index (χ4v) is 7.52. The largest absolute Gasteiger partial charge is 0.465 e. The lowest BCUT2D eigenvalue weighted by Crippen LogP contribution is -2.56. The van der Waals surface area contributed by atoms with E-state index >= 15 is 0 Å². The van der Waals surface area contributed by atoms with Crippen LogP contribution < -0.4 is 16.4 Å². The van der Waals surface area contributed by atoms with Gasteiger partial charge < -0.3 is 36.0 Å². The van der Waals surface area contributed by atoms with Gasteiger partial charge in [0, 0.05) is 42.5 Å². The van der Waals surface area contributed by atoms with Crippen molar-refractivity contribution in [2.45, 2.75) is 62.6 Å². The van der Waals surface area contributed by atoms with Crippen molar-refractivity contribution in [3.8, 4) is 0 Å². The molecule has 2 unspecified atom stereocenters. The number of nitrogens with one attached hydrogen (secondary N) is 2. The van der Waals surface area contributed by atoms with Crippen molar-refractivity contribution >= 4 is 29.5 Å². The molecule has 2 atom stereocenters. The first-order chi connectivity index (χ1) is 24.1. The zero-order chi connectivity index (χ0) is 35.6. The predicted octanol–water partition coefficient (Wildman–Crippen LogP) is 4.78. The van der Waals surface area contributed by atoms with Gasteiger partial charge in [-0.1, -0.05) is 84.4 Å². The lowest BCUT2D eigenvalue weighted by Gasteiger charge is -2.40. The van der Waals surface area contributed by atoms with Gasteiger partial charge in [0.25, 0.3) is 0 Å². The molecule has 2 fully saturated rings. The second kappa shape index (κ2) is 17.3. The molecule has 0 aromatic heterocycles. The second-order valence-electron chi connectivity index (χ2n) is 13.5. The topological polar surface area (TPSA) is 137 Å². The Morgan fingerprint density at radius 1 is 0.940 bits per heavy atom. The fourth-order valence-electron chi connectivity index (χ4n) is 7.39. The number of halogens is 1. The lowest BCUT2D eigenvalue weighted by molar-refractivity contribution is -0.141. The molecule has 2 aliphatic rings. The number of carbonyl (C=O) groups excluding carboxylic acids is 3. The number of benzene rings is 3. The van der Waals surface area contributed by atoms with Crippen LogP contribution in [0.25, 0.3) is 0 Å². The van der Waals surface area contributed by atoms with Crippen LogP contribution in [0.2, 0.25) is 5.02 Å². The van der Waals surface area contributed by atoms with Crippen molar-refractivity contribution in [2.24, 2.45) is 11.7 Å². The molecular formula is C39H50ClN5O5. The third-order valence-corrected chi connectivity index (χ3v) is 10.6. The summed E-state index contributed by atoms with van der Waals surface area (Å²) in [7, 11) is 0. The standard InChI is InChI=1S/C39H50ClN5O5/c1-2-50-35(46)27-42-37(48)45-23-18-29(26-34(45)41)36(47)43-28-38(30-10-5-3-6-11-30,31-12-7-4-8-13-31)19-9-22-44-24-20-39(49,21-25-44)32-14-16-33(40)17-15-32/h3-8,10-17,29,34,49H,2,9,18-28,41H2,1H3,(H,42,48)(H,43,47). The van der Waals surface area contributed by atoms with E-state index in [9.17, 15) is 19.5 Å². The molecule has 11 heteroatoms. The Morgan fingerprint density at radius 2 is 1.56 bits per heavy atom. The average Bonchev–Trinajstić information content (AvgIpc) is 3.14. The Balaban J connectivity index is 1.23. The van der Waals surface area contributed by atoms with Gasteiger partial charge in [-0.3, -0.25) is 9.59 Å². The van der Waals surface area contributed by atoms with E-state index in [0.29, 0.717) is 43.8 Å². The van der Waals surface area contributed by atoms with E-state index in [1.54, 1.807) is 6.92 Å². The van der Waals surface area contributed by atoms with E-state index < -0.39 is 29.2 Å². The summed E-state index contributed by atoms with van der Waals surface area (Å²) in [5.74, 6) is -0.946. The number of hydrogen-bond donors (Lipinski definition) is 4. The van der Waals surface area contributed by atoms with Crippen molar-refractivity contribution in [1.82, 2.24) is 20.4 Å². The van der Waals surface area contributed by atoms with E-state index in [-0.39, 0.29) is 25.0 Å². The van der Waals surface area contributed by atoms with Gasteiger partial charge in [0.15, 0.2) is 0 Å². The molecular weight excluding hydrogens is 654 g/mol. The Morgan fingerprint density at radius 3 is 2.14 bits per heavy atom. The predicted molar refractivity (Wildman–Crippen MR) is 194 cm³/mol. The molecule has 3 aromatic carbocycles. The molecule has 268 valence electrons. The minimum Gasteiger partial charge on any atom is -0.465 e. The summed E-state index contributed by atoms with van der Waals surface area (Å²) in [6, 6.07) is 27.8. The molecule has 0 saturated carbocycles. The zero-order valence-electron chi connectivity index (χ0n) is 28.9. The number of carbonyl (C=O) groups is 3. The van der Waals surface area contributed by atoms with Crippen molar-refractivity contribution in [3.05, 3.63) is 107 Å². The normalized spacial score (nSPS) is 19.4. The summed E-state index contributed by atoms with van der Waals surface area (Å²) in [6.07, 6.45) is 3.13. The smallest absolute Gasteiger partial charge is 0.325 e. The minimum atomic E-state index is -0.853. The van der Waals surface area contributed by atoms with E-state index in [1.165, 1.54) is 4.90 Å². The first-order valence-electron chi connectivity index (χ1n) is 17.7. The number of likely N-dealkylation sites (tertiary alicyclic amines) is 2. The highest BCUT2D eigenvalue weighted by molar-refractivity contribution is 6.30. The SMILES string of the molecule is CCOC(=O)CNC(=O)N1CCC(C(=O)NCC(CCCN2CCC(O)(c3ccc(Cl)cc3)CC2)(c2ccccc2)c2ccccc2)CC1N. The van der Waals surface area contributed by atoms with Crippen LogP contribution in [0, 0.1) is 5.92 Å². The molecule has 10 nitrogen and oxygen atoms in total. The first-order valence-corrected chi connectivity index (χ1v) is 18.1. The number of ether oxygens (including phenoxy) is 1. The highest BCUT2D eigenvalue weighted by Gasteiger charge is 2.38. The van der Waals surface area contributed by atoms with Crippen molar-refractivity contribution < 1.29 is 24.2 Å². The van der Waals surface area contributed by atoms with Crippen LogP contribution in [0.1, 0.15) is 62.1 Å². The van der Waals surface area contributed by atoms with E-state index in [4.69, 9.17) is 22.1 Å². The number of rotatable bonds is 13. The van der Waals surface area contributed by atoms with Gasteiger partial charge in [-0.05, 0) is 80.8 Å². The summed E-state index contributed by atoms with van der Waals surface area (Å²) < 4.78 is 4.88. The molecule has 0 radical (unpaired) electrons. The van der Waals surface area contributed by atoms with Crippen LogP contribution in [-0.4, -0.2) is 84.9 Å². The van der Waals surface area contributed by atoms with Gasteiger partial charge in [0.1, 0.15) is 6.54 Å². The molecule has 5 N–H and O–H groups in total. The maximum Gasteiger partial charge on any atom is 0.325 e. The molecule has 2 aliphatic heterocycles. The van der Waals surface area contributed by atoms with Crippen LogP contribution in [0.15, 0.2) is 84.9 Å². The number of esters is 1. The molecule has 50 heavy (non-hydrogen) atoms. The molecule has 3 aromatic rings. The summed E-state index contributed by atoms with van der Waals surface area (Å²) in [5, 5.41) is 17.9. The molecule has 0 spiro atoms. The summed E-state index contributed by atoms with van der Waals surface area (Å²) in [4.78, 5) is 42.0. The van der Waals surface area contributed by atoms with E-state index in [0.717, 1.165) is 49.2 Å². The molecule has 2 heterocycles. The Labute approximate surface area is 300 Å². The van der Waals surface area contributed by atoms with Crippen LogP contribution in [0.3, 0.4) is 0 Å². The highest BCUT2D eigenvalue weighted by Crippen LogP contribution is 2.38. The quantitative estimate of drug-likeness (QED) is 0.188. The Bertz CT molecular complexity index is 1510. The van der Waals surface area contributed by atoms with Crippen LogP contribution >= 0.6 is 11.6 Å². The molecule has 0 aliphatic carbocycles. The number of piperidine rings is 2. The second-order valence-corrected chi connectivity index (χ2v) is 13.9. The monoisotopic (exact) mass is 703 g/mol. The lowest BCUT2D eigenvalue weighted by atomic mass is 9.71. The number of urea groups is 1. The number of hydrogen-bond acceptors (Lipinski definition) is 7. The maximum absolute atomic E-state index is 13.7. The Hall–Kier alpha value is -3.96. The van der Waals surface area contributed by atoms with E-state index in [1.807, 2.05) is 60.7 Å². The summed E-state index contributed by atoms with van der Waals surface area (Å²) >= 11 is 6.08. The number of nitrogens with zero attached hydrogens (tertiary/aromatic N) is 2. The summed E-state index contributed by atoms with van der Waals surface area (Å²) in [5.41, 5.74) is 8.22. The molecule has 2 saturated heterocycles. The van der Waals surface area contributed by atoms with Crippen molar-refractivity contribution in [2.75, 3.05) is 45.9 Å². The number of aliphatic hydroxyl groups is 1. The first kappa shape index (κ1) is 37.3. The average molecular weight is 704 g/mol. The highest BCUT2D eigenvalue weighted by atomic mass is 35.5. The third kappa shape index (κ3) is 9.23. The fraction of sp³-hybridized carbons (Fsp3) is 0.462. The molecule has 3 amide bonds. The van der Waals surface area contributed by atoms with Gasteiger partial charge in [0.2, 0.25) is 5.91 Å². The molecule has 5 rings (SSSR count). The zero-order valence-corrected chi connectivity index (χ0v) is 29.6. The minimum absolute atomic E-state index is 0.0826. The number of nitrogens with two attached hydrogens (primary N) is 1. The van der Waals surface area contributed by atoms with Crippen molar-refractivity contribution in [1.29, 1.82) is 0 Å². The Kier molecular flexibility index (Phi) is 12.9. The third-order valence-electron chi connectivity index (χ3n) is 10.3. The van der Waals surface area contributed by atoms with Gasteiger partial charge >= 0.3 is 12.0 Å². The van der Waals surface area contributed by atoms with Gasteiger partial charge in [-0.25, -0.2) is 4.79 Å². The van der Waals surface area contributed by atoms with Gasteiger partial charge in [-0.15, -0.1) is 0 Å². The van der Waals surface area contributed by atoms with Gasteiger partial charge in [0.05, 0.1) is 18.4 Å². The summed E-state index contributed by atoms with van der Waals surface area (Å²) in [6.45, 7) is 4.88. The van der Waals surface area contributed by atoms with Crippen LogP contribution in [0.4, 0.5) is 4.79 Å². The van der Waals surface area contributed by atoms with E-state index in [2.05, 4.69) is 39.8 Å². The van der Waals surface area contributed by atoms with Crippen LogP contribution in [0.5, 0.6) is 0 Å². The maximum atomic E-state index is 13.7. The molecule has 0 bridgehead atoms. The number of amides is 3. The van der Waals surface area contributed by atoms with Crippen LogP contribution in [-0.2, 0) is 25.3 Å². The van der Waals surface area contributed by atoms with Gasteiger partial charge in [-0.2, -0.15) is 0 Å². The van der Waals surface area contributed by atoms with Crippen molar-refractivity contribution in [3.63, 3.8) is 0 Å².